The van der Waals surface area contributed by atoms with Gasteiger partial charge in [0.25, 0.3) is 0 Å². The lowest BCUT2D eigenvalue weighted by Gasteiger charge is -2.03. The molecule has 2 N–H and O–H groups in total. The average Bonchev–Trinajstić information content (AvgIpc) is 3.01. The van der Waals surface area contributed by atoms with E-state index in [0.717, 1.165) is 24.6 Å². The molecule has 0 saturated carbocycles. The Bertz CT molecular complexity index is 455. The van der Waals surface area contributed by atoms with Gasteiger partial charge in [-0.2, -0.15) is 0 Å². The van der Waals surface area contributed by atoms with Crippen molar-refractivity contribution >= 4 is 0 Å². The minimum atomic E-state index is 0.553. The van der Waals surface area contributed by atoms with Crippen LogP contribution < -0.4 is 5.32 Å². The topological polar surface area (TPSA) is 40.7 Å². The van der Waals surface area contributed by atoms with Crippen molar-refractivity contribution in [2.45, 2.75) is 12.3 Å². The van der Waals surface area contributed by atoms with Gasteiger partial charge in [0, 0.05) is 12.5 Å². The van der Waals surface area contributed by atoms with Crippen molar-refractivity contribution in [1.29, 1.82) is 0 Å². The molecule has 0 bridgehead atoms. The molecule has 1 atom stereocenters. The summed E-state index contributed by atoms with van der Waals surface area (Å²) in [6, 6.07) is 10.3. The van der Waals surface area contributed by atoms with E-state index < -0.39 is 0 Å². The second kappa shape index (κ2) is 4.10. The number of rotatable bonds is 2. The van der Waals surface area contributed by atoms with Crippen LogP contribution >= 0.6 is 0 Å². The zero-order chi connectivity index (χ0) is 10.8. The van der Waals surface area contributed by atoms with Gasteiger partial charge < -0.3 is 10.3 Å². The number of hydrogen-bond donors (Lipinski definition) is 2. The fourth-order valence-corrected chi connectivity index (χ4v) is 2.20. The quantitative estimate of drug-likeness (QED) is 0.802. The highest BCUT2D eigenvalue weighted by molar-refractivity contribution is 5.58. The van der Waals surface area contributed by atoms with E-state index in [0.29, 0.717) is 5.92 Å². The van der Waals surface area contributed by atoms with Crippen LogP contribution in [0, 0.1) is 0 Å². The van der Waals surface area contributed by atoms with Crippen LogP contribution in [0.3, 0.4) is 0 Å². The van der Waals surface area contributed by atoms with Crippen molar-refractivity contribution in [2.75, 3.05) is 13.1 Å². The van der Waals surface area contributed by atoms with Crippen molar-refractivity contribution in [3.05, 3.63) is 42.4 Å². The van der Waals surface area contributed by atoms with Gasteiger partial charge in [-0.05, 0) is 18.5 Å². The molecule has 1 aromatic heterocycles. The van der Waals surface area contributed by atoms with Gasteiger partial charge in [0.2, 0.25) is 0 Å². The molecule has 3 nitrogen and oxygen atoms in total. The molecule has 2 heterocycles. The third kappa shape index (κ3) is 1.74. The molecule has 1 unspecified atom stereocenters. The molecule has 0 radical (unpaired) electrons. The predicted molar refractivity (Wildman–Crippen MR) is 64.3 cm³/mol. The molecule has 1 saturated heterocycles. The first-order valence-corrected chi connectivity index (χ1v) is 5.74. The monoisotopic (exact) mass is 213 g/mol. The standard InChI is InChI=1S/C13H15N3/c1-2-4-10(5-3-1)12-9-15-13(16-12)11-6-7-14-8-11/h1-5,9,11,14H,6-8H2,(H,15,16). The first-order chi connectivity index (χ1) is 7.93. The number of nitrogens with zero attached hydrogens (tertiary/aromatic N) is 1. The first-order valence-electron chi connectivity index (χ1n) is 5.74. The third-order valence-corrected chi connectivity index (χ3v) is 3.13. The number of imidazole rings is 1. The summed E-state index contributed by atoms with van der Waals surface area (Å²) in [5, 5.41) is 3.36. The fraction of sp³-hybridized carbons (Fsp3) is 0.308. The smallest absolute Gasteiger partial charge is 0.110 e. The Morgan fingerprint density at radius 3 is 2.81 bits per heavy atom. The molecular weight excluding hydrogens is 198 g/mol. The van der Waals surface area contributed by atoms with Crippen molar-refractivity contribution in [2.24, 2.45) is 0 Å². The van der Waals surface area contributed by atoms with Gasteiger partial charge in [0.05, 0.1) is 11.9 Å². The van der Waals surface area contributed by atoms with Crippen LogP contribution in [-0.4, -0.2) is 23.1 Å². The molecule has 82 valence electrons. The minimum Gasteiger partial charge on any atom is -0.342 e. The van der Waals surface area contributed by atoms with E-state index in [-0.39, 0.29) is 0 Å². The molecule has 1 aliphatic heterocycles. The predicted octanol–water partition coefficient (Wildman–Crippen LogP) is 2.15. The molecule has 1 aromatic carbocycles. The van der Waals surface area contributed by atoms with Crippen molar-refractivity contribution in [1.82, 2.24) is 15.3 Å². The summed E-state index contributed by atoms with van der Waals surface area (Å²) < 4.78 is 0. The van der Waals surface area contributed by atoms with Gasteiger partial charge in [-0.1, -0.05) is 30.3 Å². The molecule has 1 aliphatic rings. The van der Waals surface area contributed by atoms with Crippen LogP contribution in [0.15, 0.2) is 36.5 Å². The van der Waals surface area contributed by atoms with Crippen LogP contribution in [0.5, 0.6) is 0 Å². The molecule has 16 heavy (non-hydrogen) atoms. The normalized spacial score (nSPS) is 20.1. The van der Waals surface area contributed by atoms with Gasteiger partial charge in [0.15, 0.2) is 0 Å². The number of hydrogen-bond acceptors (Lipinski definition) is 2. The summed E-state index contributed by atoms with van der Waals surface area (Å²) in [5.74, 6) is 1.67. The Morgan fingerprint density at radius 1 is 1.19 bits per heavy atom. The van der Waals surface area contributed by atoms with Crippen LogP contribution in [0.4, 0.5) is 0 Å². The van der Waals surface area contributed by atoms with Crippen LogP contribution in [0.1, 0.15) is 18.2 Å². The summed E-state index contributed by atoms with van der Waals surface area (Å²) in [7, 11) is 0. The van der Waals surface area contributed by atoms with E-state index >= 15 is 0 Å². The van der Waals surface area contributed by atoms with E-state index in [9.17, 15) is 0 Å². The van der Waals surface area contributed by atoms with E-state index in [1.807, 2.05) is 24.4 Å². The summed E-state index contributed by atoms with van der Waals surface area (Å²) in [4.78, 5) is 7.90. The van der Waals surface area contributed by atoms with E-state index in [2.05, 4.69) is 27.4 Å². The van der Waals surface area contributed by atoms with Crippen LogP contribution in [0.25, 0.3) is 11.3 Å². The molecule has 0 spiro atoms. The Labute approximate surface area is 94.9 Å². The second-order valence-electron chi connectivity index (χ2n) is 4.24. The fourth-order valence-electron chi connectivity index (χ4n) is 2.20. The van der Waals surface area contributed by atoms with E-state index in [4.69, 9.17) is 0 Å². The number of aromatic amines is 1. The maximum atomic E-state index is 4.48. The Kier molecular flexibility index (Phi) is 2.46. The number of nitrogens with one attached hydrogen (secondary N) is 2. The van der Waals surface area contributed by atoms with Crippen LogP contribution in [-0.2, 0) is 0 Å². The Balaban J connectivity index is 1.87. The zero-order valence-electron chi connectivity index (χ0n) is 9.11. The van der Waals surface area contributed by atoms with Gasteiger partial charge in [-0.25, -0.2) is 4.98 Å². The lowest BCUT2D eigenvalue weighted by atomic mass is 10.1. The molecule has 2 aromatic rings. The van der Waals surface area contributed by atoms with Crippen LogP contribution in [0.2, 0.25) is 0 Å². The Hall–Kier alpha value is -1.61. The summed E-state index contributed by atoms with van der Waals surface area (Å²) in [5.41, 5.74) is 2.31. The summed E-state index contributed by atoms with van der Waals surface area (Å²) in [6.45, 7) is 2.15. The first kappa shape index (κ1) is 9.60. The largest absolute Gasteiger partial charge is 0.342 e. The SMILES string of the molecule is c1ccc(-c2cnc(C3CCNC3)[nH]2)cc1. The highest BCUT2D eigenvalue weighted by Gasteiger charge is 2.19. The van der Waals surface area contributed by atoms with Gasteiger partial charge in [-0.3, -0.25) is 0 Å². The van der Waals surface area contributed by atoms with Crippen molar-refractivity contribution < 1.29 is 0 Å². The number of aromatic nitrogens is 2. The van der Waals surface area contributed by atoms with Gasteiger partial charge in [-0.15, -0.1) is 0 Å². The molecular formula is C13H15N3. The average molecular weight is 213 g/mol. The Morgan fingerprint density at radius 2 is 2.06 bits per heavy atom. The van der Waals surface area contributed by atoms with E-state index in [1.165, 1.54) is 12.0 Å². The molecule has 3 heteroatoms. The van der Waals surface area contributed by atoms with Crippen molar-refractivity contribution in [3.8, 4) is 11.3 Å². The maximum absolute atomic E-state index is 4.48. The summed E-state index contributed by atoms with van der Waals surface area (Å²) in [6.07, 6.45) is 3.12. The minimum absolute atomic E-state index is 0.553. The number of benzene rings is 1. The molecule has 1 fully saturated rings. The zero-order valence-corrected chi connectivity index (χ0v) is 9.11. The highest BCUT2D eigenvalue weighted by Crippen LogP contribution is 2.23. The second-order valence-corrected chi connectivity index (χ2v) is 4.24. The molecule has 0 aliphatic carbocycles. The van der Waals surface area contributed by atoms with Gasteiger partial charge in [0.1, 0.15) is 5.82 Å². The van der Waals surface area contributed by atoms with Crippen molar-refractivity contribution in [3.63, 3.8) is 0 Å². The van der Waals surface area contributed by atoms with E-state index in [1.54, 1.807) is 0 Å². The highest BCUT2D eigenvalue weighted by atomic mass is 15.0. The lowest BCUT2D eigenvalue weighted by molar-refractivity contribution is 0.715. The maximum Gasteiger partial charge on any atom is 0.110 e. The third-order valence-electron chi connectivity index (χ3n) is 3.13. The summed E-state index contributed by atoms with van der Waals surface area (Å²) >= 11 is 0. The van der Waals surface area contributed by atoms with Gasteiger partial charge >= 0.3 is 0 Å². The molecule has 3 rings (SSSR count). The lowest BCUT2D eigenvalue weighted by Crippen LogP contribution is -2.08. The number of H-pyrrole nitrogens is 1. The molecule has 0 amide bonds.